The molecule has 0 aromatic heterocycles. The quantitative estimate of drug-likeness (QED) is 0.0379. The van der Waals surface area contributed by atoms with Crippen LogP contribution in [0.1, 0.15) is 10.4 Å². The van der Waals surface area contributed by atoms with Crippen molar-refractivity contribution in [1.29, 1.82) is 0 Å². The number of carbonyl (C=O) groups is 1. The molecule has 7 rings (SSSR count). The molecule has 0 unspecified atom stereocenters. The minimum atomic E-state index is -6.00. The Morgan fingerprint density at radius 3 is 0.786 bits per heavy atom. The second-order valence-corrected chi connectivity index (χ2v) is 15.9. The van der Waals surface area contributed by atoms with Crippen LogP contribution < -0.4 is 31.8 Å². The molecular weight excluding hydrogens is 928 g/mol. The van der Waals surface area contributed by atoms with Crippen LogP contribution in [0.15, 0.2) is 225 Å². The van der Waals surface area contributed by atoms with Crippen LogP contribution in [-0.4, -0.2) is 13.2 Å². The molecule has 0 N–H and O–H groups in total. The Morgan fingerprint density at radius 2 is 0.607 bits per heavy atom. The van der Waals surface area contributed by atoms with E-state index in [0.29, 0.717) is 5.56 Å². The number of carbonyl (C=O) groups excluding carboxylic acids is 1. The zero-order valence-corrected chi connectivity index (χ0v) is 34.3. The maximum Gasteiger partial charge on any atom is 2.00 e. The Kier molecular flexibility index (Phi) is 19.8. The maximum absolute atomic E-state index is 11.1. The second-order valence-electron chi connectivity index (χ2n) is 11.5. The predicted molar refractivity (Wildman–Crippen MR) is 227 cm³/mol. The largest absolute Gasteiger partial charge is 2.00 e. The van der Waals surface area contributed by atoms with Crippen LogP contribution >= 0.6 is 15.8 Å². The summed E-state index contributed by atoms with van der Waals surface area (Å²) < 4.78 is 43.7. The van der Waals surface area contributed by atoms with Gasteiger partial charge in [-0.25, -0.2) is 18.3 Å². The van der Waals surface area contributed by atoms with E-state index in [9.17, 15) is 22.1 Å². The summed E-state index contributed by atoms with van der Waals surface area (Å²) in [6.07, 6.45) is 0. The fraction of sp³-hybridized carbons (Fsp3) is 0. The molecule has 0 amide bonds. The molecule has 0 aliphatic rings. The number of allylic oxidation sites excluding steroid dienone is 1. The second kappa shape index (κ2) is 24.5. The standard InChI is InChI=1S/2C18H15P.C10H9O2.BF4.Pt/c2*1-4-10-16(11-5-1)19(17-12-6-2-7-13-17)18-14-8-3-9-15-18;1-8(2)12-10(11)9-6-4-3-5-7-9;2-1(3,4)5;/h2*1-15H;3-7H,1-2H2;;/q;;2*-1;+2. The Hall–Kier alpha value is -5.05. The molecule has 10 heteroatoms. The molecule has 0 aliphatic heterocycles. The summed E-state index contributed by atoms with van der Waals surface area (Å²) in [6.45, 7) is 6.73. The molecule has 0 aliphatic carbocycles. The van der Waals surface area contributed by atoms with E-state index in [1.54, 1.807) is 24.3 Å². The van der Waals surface area contributed by atoms with E-state index >= 15 is 0 Å². The van der Waals surface area contributed by atoms with Crippen LogP contribution in [0.2, 0.25) is 0 Å². The van der Waals surface area contributed by atoms with Crippen molar-refractivity contribution in [3.8, 4) is 0 Å². The first-order valence-electron chi connectivity index (χ1n) is 17.2. The van der Waals surface area contributed by atoms with Crippen LogP contribution in [0.5, 0.6) is 0 Å². The summed E-state index contributed by atoms with van der Waals surface area (Å²) in [4.78, 5) is 11.1. The van der Waals surface area contributed by atoms with E-state index in [-0.39, 0.29) is 26.8 Å². The summed E-state index contributed by atoms with van der Waals surface area (Å²) >= 11 is 0. The van der Waals surface area contributed by atoms with Crippen molar-refractivity contribution in [3.63, 3.8) is 0 Å². The monoisotopic (exact) mass is 967 g/mol. The molecule has 0 bridgehead atoms. The molecule has 0 radical (unpaired) electrons. The van der Waals surface area contributed by atoms with E-state index < -0.39 is 29.1 Å². The Bertz CT molecular complexity index is 1810. The van der Waals surface area contributed by atoms with Crippen LogP contribution in [0.25, 0.3) is 0 Å². The summed E-state index contributed by atoms with van der Waals surface area (Å²) in [5.74, 6) is -0.264. The third-order valence-electron chi connectivity index (χ3n) is 7.33. The predicted octanol–water partition coefficient (Wildman–Crippen LogP) is 10.4. The molecule has 0 heterocycles. The van der Waals surface area contributed by atoms with E-state index in [2.05, 4.69) is 195 Å². The smallest absolute Gasteiger partial charge is 0.463 e. The third kappa shape index (κ3) is 16.4. The average molecular weight is 968 g/mol. The molecule has 0 atom stereocenters. The van der Waals surface area contributed by atoms with Gasteiger partial charge in [0.1, 0.15) is 0 Å². The Morgan fingerprint density at radius 1 is 0.429 bits per heavy atom. The van der Waals surface area contributed by atoms with Gasteiger partial charge < -0.3 is 22.0 Å². The summed E-state index contributed by atoms with van der Waals surface area (Å²) in [5.41, 5.74) is 0.502. The maximum atomic E-state index is 11.1. The molecular formula is C46H39BF4O2P2Pt. The zero-order chi connectivity index (χ0) is 39.3. The number of hydrogen-bond acceptors (Lipinski definition) is 2. The SMILES string of the molecule is C=C([CH2-])OC(=O)c1ccccc1.F[B-](F)(F)F.[Pt+2].c1ccc(P(c2ccccc2)c2ccccc2)cc1.c1ccc(P(c2ccccc2)c2ccccc2)cc1. The summed E-state index contributed by atoms with van der Waals surface area (Å²) in [7, 11) is -6.89. The first-order valence-corrected chi connectivity index (χ1v) is 19.8. The molecule has 0 saturated heterocycles. The minimum Gasteiger partial charge on any atom is -0.463 e. The van der Waals surface area contributed by atoms with Crippen LogP contribution in [0, 0.1) is 6.92 Å². The zero-order valence-electron chi connectivity index (χ0n) is 30.2. The van der Waals surface area contributed by atoms with Gasteiger partial charge in [0.2, 0.25) is 0 Å². The van der Waals surface area contributed by atoms with Gasteiger partial charge in [0, 0.05) is 0 Å². The van der Waals surface area contributed by atoms with Crippen molar-refractivity contribution in [3.05, 3.63) is 237 Å². The van der Waals surface area contributed by atoms with E-state index in [4.69, 9.17) is 4.74 Å². The van der Waals surface area contributed by atoms with Crippen molar-refractivity contribution in [2.75, 3.05) is 0 Å². The number of ether oxygens (including phenoxy) is 1. The number of esters is 1. The molecule has 0 saturated carbocycles. The van der Waals surface area contributed by atoms with Crippen LogP contribution in [-0.2, 0) is 25.8 Å². The van der Waals surface area contributed by atoms with Gasteiger partial charge in [-0.1, -0.05) is 200 Å². The van der Waals surface area contributed by atoms with Gasteiger partial charge in [-0.15, -0.1) is 0 Å². The van der Waals surface area contributed by atoms with Crippen LogP contribution in [0.3, 0.4) is 0 Å². The molecule has 0 spiro atoms. The number of rotatable bonds is 8. The van der Waals surface area contributed by atoms with Crippen molar-refractivity contribution < 1.29 is 47.9 Å². The van der Waals surface area contributed by atoms with Crippen molar-refractivity contribution in [2.45, 2.75) is 0 Å². The molecule has 7 aromatic rings. The number of benzene rings is 7. The first kappa shape index (κ1) is 45.3. The van der Waals surface area contributed by atoms with Gasteiger partial charge in [0.25, 0.3) is 0 Å². The minimum absolute atomic E-state index is 0. The van der Waals surface area contributed by atoms with Gasteiger partial charge in [-0.05, 0) is 65.6 Å². The van der Waals surface area contributed by atoms with Gasteiger partial charge in [0.05, 0.1) is 5.56 Å². The van der Waals surface area contributed by atoms with E-state index in [1.165, 1.54) is 31.8 Å². The van der Waals surface area contributed by atoms with Crippen molar-refractivity contribution >= 4 is 60.9 Å². The Labute approximate surface area is 344 Å². The first-order chi connectivity index (χ1) is 26.6. The Balaban J connectivity index is 0.000000216. The van der Waals surface area contributed by atoms with Crippen molar-refractivity contribution in [1.82, 2.24) is 0 Å². The fourth-order valence-electron chi connectivity index (χ4n) is 5.12. The number of halogens is 4. The van der Waals surface area contributed by atoms with Crippen molar-refractivity contribution in [2.24, 2.45) is 0 Å². The average Bonchev–Trinajstić information content (AvgIpc) is 3.21. The van der Waals surface area contributed by atoms with Gasteiger partial charge in [0.15, 0.2) is 0 Å². The summed E-state index contributed by atoms with van der Waals surface area (Å²) in [5, 5.41) is 8.39. The van der Waals surface area contributed by atoms with Gasteiger partial charge in [-0.2, -0.15) is 0 Å². The van der Waals surface area contributed by atoms with E-state index in [0.717, 1.165) is 0 Å². The third-order valence-corrected chi connectivity index (χ3v) is 12.2. The van der Waals surface area contributed by atoms with Gasteiger partial charge in [-0.3, -0.25) is 0 Å². The summed E-state index contributed by atoms with van der Waals surface area (Å²) in [6, 6.07) is 73.4. The van der Waals surface area contributed by atoms with Crippen LogP contribution in [0.4, 0.5) is 17.3 Å². The van der Waals surface area contributed by atoms with E-state index in [1.807, 2.05) is 6.07 Å². The molecule has 7 aromatic carbocycles. The van der Waals surface area contributed by atoms with Gasteiger partial charge >= 0.3 is 34.3 Å². The normalized spacial score (nSPS) is 10.2. The topological polar surface area (TPSA) is 26.3 Å². The molecule has 2 nitrogen and oxygen atoms in total. The fourth-order valence-corrected chi connectivity index (χ4v) is 9.73. The number of hydrogen-bond donors (Lipinski definition) is 0. The molecule has 0 fully saturated rings. The molecule has 56 heavy (non-hydrogen) atoms. The molecule has 286 valence electrons.